The molecule has 36 heavy (non-hydrogen) atoms. The fourth-order valence-corrected chi connectivity index (χ4v) is 4.81. The normalized spacial score (nSPS) is 11.5. The van der Waals surface area contributed by atoms with Crippen molar-refractivity contribution in [3.63, 3.8) is 0 Å². The van der Waals surface area contributed by atoms with Gasteiger partial charge in [-0.15, -0.1) is 0 Å². The molecule has 0 aliphatic heterocycles. The molecule has 1 aromatic heterocycles. The van der Waals surface area contributed by atoms with Gasteiger partial charge in [0.25, 0.3) is 0 Å². The Morgan fingerprint density at radius 2 is 1.81 bits per heavy atom. The molecule has 3 rings (SSSR count). The van der Waals surface area contributed by atoms with Gasteiger partial charge in [0.15, 0.2) is 0 Å². The molecule has 5 nitrogen and oxygen atoms in total. The maximum atomic E-state index is 12.2. The summed E-state index contributed by atoms with van der Waals surface area (Å²) in [5, 5.41) is 3.10. The Labute approximate surface area is 217 Å². The predicted molar refractivity (Wildman–Crippen MR) is 150 cm³/mol. The third-order valence-corrected chi connectivity index (χ3v) is 7.04. The van der Waals surface area contributed by atoms with Crippen molar-refractivity contribution in [3.8, 4) is 5.75 Å². The smallest absolute Gasteiger partial charge is 0.223 e. The second kappa shape index (κ2) is 14.1. The minimum Gasteiger partial charge on any atom is -0.493 e. The summed E-state index contributed by atoms with van der Waals surface area (Å²) in [5.41, 5.74) is 4.76. The summed E-state index contributed by atoms with van der Waals surface area (Å²) < 4.78 is 8.61. The molecule has 1 amide bonds. The van der Waals surface area contributed by atoms with Crippen molar-refractivity contribution in [1.29, 1.82) is 0 Å². The molecular formula is C31H45N3O2. The quantitative estimate of drug-likeness (QED) is 0.229. The molecule has 1 heterocycles. The summed E-state index contributed by atoms with van der Waals surface area (Å²) >= 11 is 0. The van der Waals surface area contributed by atoms with Gasteiger partial charge >= 0.3 is 0 Å². The number of amides is 1. The van der Waals surface area contributed by atoms with Crippen LogP contribution in [0.1, 0.15) is 89.1 Å². The molecule has 0 bridgehead atoms. The molecule has 0 unspecified atom stereocenters. The van der Waals surface area contributed by atoms with Gasteiger partial charge in [-0.1, -0.05) is 58.4 Å². The third kappa shape index (κ3) is 7.59. The molecule has 0 atom stereocenters. The predicted octanol–water partition coefficient (Wildman–Crippen LogP) is 7.20. The van der Waals surface area contributed by atoms with Crippen molar-refractivity contribution in [2.75, 3.05) is 13.2 Å². The van der Waals surface area contributed by atoms with Crippen LogP contribution in [0.2, 0.25) is 0 Å². The summed E-state index contributed by atoms with van der Waals surface area (Å²) in [6.07, 6.45) is 6.87. The molecule has 0 saturated heterocycles. The van der Waals surface area contributed by atoms with E-state index in [2.05, 4.69) is 87.0 Å². The van der Waals surface area contributed by atoms with E-state index in [9.17, 15) is 4.79 Å². The van der Waals surface area contributed by atoms with Crippen molar-refractivity contribution < 1.29 is 9.53 Å². The SMILES string of the molecule is CCC(CC)C(=O)NCCCCCc1nc2ccccc2n1CCCOc1cc(C)ccc1C(C)C. The van der Waals surface area contributed by atoms with Gasteiger partial charge in [0.05, 0.1) is 17.6 Å². The lowest BCUT2D eigenvalue weighted by molar-refractivity contribution is -0.125. The molecule has 196 valence electrons. The van der Waals surface area contributed by atoms with E-state index in [1.54, 1.807) is 0 Å². The van der Waals surface area contributed by atoms with Crippen LogP contribution < -0.4 is 10.1 Å². The topological polar surface area (TPSA) is 56.2 Å². The summed E-state index contributed by atoms with van der Waals surface area (Å²) in [7, 11) is 0. The standard InChI is InChI=1S/C31H45N3O2/c1-6-25(7-2)31(35)32-19-12-8-9-16-30-33-27-14-10-11-15-28(27)34(30)20-13-21-36-29-22-24(5)17-18-26(29)23(3)4/h10-11,14-15,17-18,22-23,25H,6-9,12-13,16,19-21H2,1-5H3,(H,32,35). The number of nitrogens with one attached hydrogen (secondary N) is 1. The Bertz CT molecular complexity index is 1100. The fourth-order valence-electron chi connectivity index (χ4n) is 4.81. The van der Waals surface area contributed by atoms with Crippen LogP contribution in [0.15, 0.2) is 42.5 Å². The van der Waals surface area contributed by atoms with E-state index in [0.717, 1.165) is 75.1 Å². The van der Waals surface area contributed by atoms with Gasteiger partial charge in [-0.3, -0.25) is 4.79 Å². The maximum Gasteiger partial charge on any atom is 0.223 e. The van der Waals surface area contributed by atoms with Crippen LogP contribution in [0, 0.1) is 12.8 Å². The molecule has 5 heteroatoms. The Kier molecular flexibility index (Phi) is 10.8. The molecule has 0 spiro atoms. The van der Waals surface area contributed by atoms with Gasteiger partial charge in [0.2, 0.25) is 5.91 Å². The molecule has 2 aromatic carbocycles. The monoisotopic (exact) mass is 491 g/mol. The number of hydrogen-bond acceptors (Lipinski definition) is 3. The largest absolute Gasteiger partial charge is 0.493 e. The molecule has 3 aromatic rings. The number of nitrogens with zero attached hydrogens (tertiary/aromatic N) is 2. The molecule has 0 aliphatic carbocycles. The minimum absolute atomic E-state index is 0.150. The van der Waals surface area contributed by atoms with Crippen molar-refractivity contribution in [2.45, 2.75) is 92.0 Å². The Balaban J connectivity index is 1.52. The molecule has 1 N–H and O–H groups in total. The molecule has 0 radical (unpaired) electrons. The van der Waals surface area contributed by atoms with Crippen molar-refractivity contribution >= 4 is 16.9 Å². The number of carbonyl (C=O) groups excluding carboxylic acids is 1. The number of aromatic nitrogens is 2. The number of unbranched alkanes of at least 4 members (excludes halogenated alkanes) is 2. The zero-order valence-electron chi connectivity index (χ0n) is 23.0. The number of para-hydroxylation sites is 2. The molecule has 0 fully saturated rings. The average molecular weight is 492 g/mol. The van der Waals surface area contributed by atoms with E-state index < -0.39 is 0 Å². The molecular weight excluding hydrogens is 446 g/mol. The Morgan fingerprint density at radius 1 is 1.03 bits per heavy atom. The zero-order valence-corrected chi connectivity index (χ0v) is 23.0. The second-order valence-electron chi connectivity index (χ2n) is 10.2. The minimum atomic E-state index is 0.150. The van der Waals surface area contributed by atoms with E-state index in [1.165, 1.54) is 16.6 Å². The second-order valence-corrected chi connectivity index (χ2v) is 10.2. The number of aryl methyl sites for hydroxylation is 3. The fraction of sp³-hybridized carbons (Fsp3) is 0.548. The lowest BCUT2D eigenvalue weighted by Gasteiger charge is -2.15. The van der Waals surface area contributed by atoms with E-state index in [1.807, 2.05) is 0 Å². The van der Waals surface area contributed by atoms with E-state index >= 15 is 0 Å². The van der Waals surface area contributed by atoms with Crippen LogP contribution in [-0.2, 0) is 17.8 Å². The maximum absolute atomic E-state index is 12.2. The summed E-state index contributed by atoms with van der Waals surface area (Å²) in [6.45, 7) is 13.0. The van der Waals surface area contributed by atoms with Crippen LogP contribution in [0.5, 0.6) is 5.75 Å². The van der Waals surface area contributed by atoms with E-state index in [-0.39, 0.29) is 11.8 Å². The lowest BCUT2D eigenvalue weighted by Crippen LogP contribution is -2.30. The first-order chi connectivity index (χ1) is 17.4. The van der Waals surface area contributed by atoms with Gasteiger partial charge in [-0.05, 0) is 74.3 Å². The highest BCUT2D eigenvalue weighted by molar-refractivity contribution is 5.78. The van der Waals surface area contributed by atoms with E-state index in [0.29, 0.717) is 12.5 Å². The number of imidazole rings is 1. The highest BCUT2D eigenvalue weighted by Gasteiger charge is 2.14. The van der Waals surface area contributed by atoms with Gasteiger partial charge in [-0.25, -0.2) is 4.98 Å². The zero-order chi connectivity index (χ0) is 25.9. The number of rotatable bonds is 15. The first-order valence-corrected chi connectivity index (χ1v) is 13.9. The average Bonchev–Trinajstić information content (AvgIpc) is 3.21. The van der Waals surface area contributed by atoms with Crippen LogP contribution in [-0.4, -0.2) is 28.6 Å². The van der Waals surface area contributed by atoms with Gasteiger partial charge in [0.1, 0.15) is 11.6 Å². The van der Waals surface area contributed by atoms with E-state index in [4.69, 9.17) is 9.72 Å². The lowest BCUT2D eigenvalue weighted by atomic mass is 10.0. The Hall–Kier alpha value is -2.82. The number of benzene rings is 2. The summed E-state index contributed by atoms with van der Waals surface area (Å²) in [4.78, 5) is 17.1. The Morgan fingerprint density at radius 3 is 2.56 bits per heavy atom. The third-order valence-electron chi connectivity index (χ3n) is 7.04. The molecule has 0 saturated carbocycles. The summed E-state index contributed by atoms with van der Waals surface area (Å²) in [5.74, 6) is 2.96. The number of carbonyl (C=O) groups is 1. The van der Waals surface area contributed by atoms with Crippen molar-refractivity contribution in [1.82, 2.24) is 14.9 Å². The summed E-state index contributed by atoms with van der Waals surface area (Å²) in [6, 6.07) is 14.9. The number of ether oxygens (including phenoxy) is 1. The first kappa shape index (κ1) is 27.8. The van der Waals surface area contributed by atoms with Gasteiger partial charge < -0.3 is 14.6 Å². The molecule has 0 aliphatic rings. The van der Waals surface area contributed by atoms with Crippen LogP contribution in [0.3, 0.4) is 0 Å². The first-order valence-electron chi connectivity index (χ1n) is 13.9. The van der Waals surface area contributed by atoms with Crippen molar-refractivity contribution in [2.24, 2.45) is 5.92 Å². The van der Waals surface area contributed by atoms with Crippen LogP contribution in [0.25, 0.3) is 11.0 Å². The van der Waals surface area contributed by atoms with Gasteiger partial charge in [0, 0.05) is 25.4 Å². The number of fused-ring (bicyclic) bond motifs is 1. The highest BCUT2D eigenvalue weighted by atomic mass is 16.5. The highest BCUT2D eigenvalue weighted by Crippen LogP contribution is 2.27. The van der Waals surface area contributed by atoms with Crippen LogP contribution >= 0.6 is 0 Å². The number of hydrogen-bond donors (Lipinski definition) is 1. The van der Waals surface area contributed by atoms with Crippen LogP contribution in [0.4, 0.5) is 0 Å². The van der Waals surface area contributed by atoms with Gasteiger partial charge in [-0.2, -0.15) is 0 Å². The van der Waals surface area contributed by atoms with Crippen molar-refractivity contribution in [3.05, 3.63) is 59.4 Å².